The van der Waals surface area contributed by atoms with E-state index in [0.717, 1.165) is 13.0 Å². The second kappa shape index (κ2) is 14.9. The number of amides is 1. The van der Waals surface area contributed by atoms with Crippen molar-refractivity contribution >= 4 is 6.41 Å². The van der Waals surface area contributed by atoms with Gasteiger partial charge in [0.05, 0.1) is 26.4 Å². The molecule has 14 heavy (non-hydrogen) atoms. The van der Waals surface area contributed by atoms with E-state index in [2.05, 4.69) is 0 Å². The van der Waals surface area contributed by atoms with Crippen LogP contribution in [0.5, 0.6) is 0 Å². The molecule has 0 bridgehead atoms. The number of aliphatic hydroxyl groups is 1. The summed E-state index contributed by atoms with van der Waals surface area (Å²) in [7, 11) is 3.38. The summed E-state index contributed by atoms with van der Waals surface area (Å²) < 4.78 is 9.88. The minimum atomic E-state index is 0.0894. The van der Waals surface area contributed by atoms with Crippen molar-refractivity contribution in [3.63, 3.8) is 0 Å². The van der Waals surface area contributed by atoms with E-state index in [1.807, 2.05) is 6.92 Å². The van der Waals surface area contributed by atoms with Crippen molar-refractivity contribution < 1.29 is 19.4 Å². The van der Waals surface area contributed by atoms with Gasteiger partial charge in [-0.05, 0) is 6.92 Å². The molecule has 0 aliphatic carbocycles. The SMILES string of the molecule is CCOCCOCCO.CN(C)C=O. The van der Waals surface area contributed by atoms with Crippen LogP contribution < -0.4 is 0 Å². The van der Waals surface area contributed by atoms with Crippen LogP contribution in [-0.4, -0.2) is 63.5 Å². The zero-order valence-corrected chi connectivity index (χ0v) is 9.23. The molecule has 0 aliphatic rings. The standard InChI is InChI=1S/C6H14O3.C3H7NO/c1-2-8-5-6-9-4-3-7;1-4(2)3-5/h7H,2-6H2,1H3;3H,1-2H3. The molecule has 0 saturated heterocycles. The maximum absolute atomic E-state index is 9.43. The third-order valence-corrected chi connectivity index (χ3v) is 1.02. The monoisotopic (exact) mass is 207 g/mol. The van der Waals surface area contributed by atoms with Crippen LogP contribution in [0.4, 0.5) is 0 Å². The molecule has 0 aromatic heterocycles. The molecular weight excluding hydrogens is 186 g/mol. The van der Waals surface area contributed by atoms with Crippen molar-refractivity contribution in [2.24, 2.45) is 0 Å². The molecule has 0 aromatic carbocycles. The van der Waals surface area contributed by atoms with Crippen LogP contribution in [0.25, 0.3) is 0 Å². The summed E-state index contributed by atoms with van der Waals surface area (Å²) in [5, 5.41) is 8.26. The lowest BCUT2D eigenvalue weighted by Crippen LogP contribution is -2.06. The molecule has 0 radical (unpaired) electrons. The highest BCUT2D eigenvalue weighted by molar-refractivity contribution is 5.45. The molecule has 0 fully saturated rings. The molecule has 0 heterocycles. The molecule has 0 aromatic rings. The molecule has 86 valence electrons. The Balaban J connectivity index is 0. The van der Waals surface area contributed by atoms with Gasteiger partial charge < -0.3 is 19.5 Å². The Bertz CT molecular complexity index is 103. The molecule has 0 rings (SSSR count). The van der Waals surface area contributed by atoms with Gasteiger partial charge in [-0.1, -0.05) is 0 Å². The number of nitrogens with zero attached hydrogens (tertiary/aromatic N) is 1. The summed E-state index contributed by atoms with van der Waals surface area (Å²) in [5.74, 6) is 0. The van der Waals surface area contributed by atoms with Gasteiger partial charge in [-0.15, -0.1) is 0 Å². The third kappa shape index (κ3) is 22.5. The second-order valence-corrected chi connectivity index (χ2v) is 2.60. The van der Waals surface area contributed by atoms with Gasteiger partial charge in [0.25, 0.3) is 0 Å². The summed E-state index contributed by atoms with van der Waals surface area (Å²) in [5.41, 5.74) is 0. The smallest absolute Gasteiger partial charge is 0.209 e. The average molecular weight is 207 g/mol. The van der Waals surface area contributed by atoms with E-state index in [4.69, 9.17) is 14.6 Å². The molecule has 0 saturated carbocycles. The zero-order chi connectivity index (χ0) is 11.2. The lowest BCUT2D eigenvalue weighted by molar-refractivity contribution is -0.115. The van der Waals surface area contributed by atoms with Crippen molar-refractivity contribution in [1.29, 1.82) is 0 Å². The van der Waals surface area contributed by atoms with Gasteiger partial charge >= 0.3 is 0 Å². The fraction of sp³-hybridized carbons (Fsp3) is 0.889. The molecule has 0 atom stereocenters. The van der Waals surface area contributed by atoms with E-state index in [0.29, 0.717) is 19.8 Å². The Hall–Kier alpha value is -0.650. The van der Waals surface area contributed by atoms with Gasteiger partial charge in [-0.25, -0.2) is 0 Å². The topological polar surface area (TPSA) is 59.0 Å². The van der Waals surface area contributed by atoms with Crippen molar-refractivity contribution in [2.75, 3.05) is 47.1 Å². The first-order chi connectivity index (χ1) is 6.68. The number of carbonyl (C=O) groups is 1. The van der Waals surface area contributed by atoms with Crippen LogP contribution in [0.1, 0.15) is 6.92 Å². The van der Waals surface area contributed by atoms with E-state index in [9.17, 15) is 4.79 Å². The van der Waals surface area contributed by atoms with Crippen molar-refractivity contribution in [2.45, 2.75) is 6.92 Å². The number of hydrogen-bond donors (Lipinski definition) is 1. The second-order valence-electron chi connectivity index (χ2n) is 2.60. The van der Waals surface area contributed by atoms with Crippen LogP contribution in [0, 0.1) is 0 Å². The summed E-state index contributed by atoms with van der Waals surface area (Å²) >= 11 is 0. The van der Waals surface area contributed by atoms with Crippen LogP contribution >= 0.6 is 0 Å². The van der Waals surface area contributed by atoms with E-state index in [1.54, 1.807) is 14.1 Å². The maximum atomic E-state index is 9.43. The van der Waals surface area contributed by atoms with Gasteiger partial charge in [-0.2, -0.15) is 0 Å². The predicted octanol–water partition coefficient (Wildman–Crippen LogP) is -0.264. The number of ether oxygens (including phenoxy) is 2. The molecule has 0 aliphatic heterocycles. The Morgan fingerprint density at radius 2 is 1.71 bits per heavy atom. The normalized spacial score (nSPS) is 8.86. The third-order valence-electron chi connectivity index (χ3n) is 1.02. The minimum absolute atomic E-state index is 0.0894. The predicted molar refractivity (Wildman–Crippen MR) is 54.1 cm³/mol. The Kier molecular flexibility index (Phi) is 16.8. The van der Waals surface area contributed by atoms with Gasteiger partial charge in [0.15, 0.2) is 0 Å². The lowest BCUT2D eigenvalue weighted by atomic mass is 10.7. The highest BCUT2D eigenvalue weighted by Gasteiger charge is 1.84. The Labute approximate surface area is 85.6 Å². The van der Waals surface area contributed by atoms with E-state index in [-0.39, 0.29) is 6.61 Å². The van der Waals surface area contributed by atoms with Gasteiger partial charge in [0, 0.05) is 20.7 Å². The van der Waals surface area contributed by atoms with Crippen LogP contribution in [0.3, 0.4) is 0 Å². The van der Waals surface area contributed by atoms with Crippen LogP contribution in [-0.2, 0) is 14.3 Å². The van der Waals surface area contributed by atoms with Gasteiger partial charge in [-0.3, -0.25) is 4.79 Å². The average Bonchev–Trinajstić information content (AvgIpc) is 2.19. The van der Waals surface area contributed by atoms with Crippen molar-refractivity contribution in [3.8, 4) is 0 Å². The summed E-state index contributed by atoms with van der Waals surface area (Å²) in [6.07, 6.45) is 0.750. The van der Waals surface area contributed by atoms with E-state index < -0.39 is 0 Å². The van der Waals surface area contributed by atoms with E-state index in [1.165, 1.54) is 4.90 Å². The Morgan fingerprint density at radius 3 is 2.07 bits per heavy atom. The Morgan fingerprint density at radius 1 is 1.21 bits per heavy atom. The quantitative estimate of drug-likeness (QED) is 0.461. The first kappa shape index (κ1) is 15.8. The number of carbonyl (C=O) groups excluding carboxylic acids is 1. The summed E-state index contributed by atoms with van der Waals surface area (Å²) in [4.78, 5) is 10.9. The minimum Gasteiger partial charge on any atom is -0.394 e. The molecule has 0 spiro atoms. The summed E-state index contributed by atoms with van der Waals surface area (Å²) in [6, 6.07) is 0. The van der Waals surface area contributed by atoms with Gasteiger partial charge in [0.1, 0.15) is 0 Å². The number of rotatable bonds is 7. The molecule has 0 unspecified atom stereocenters. The molecule has 1 N–H and O–H groups in total. The van der Waals surface area contributed by atoms with Crippen molar-refractivity contribution in [1.82, 2.24) is 4.90 Å². The molecule has 5 nitrogen and oxygen atoms in total. The van der Waals surface area contributed by atoms with E-state index >= 15 is 0 Å². The molecule has 1 amide bonds. The first-order valence-corrected chi connectivity index (χ1v) is 4.57. The summed E-state index contributed by atoms with van der Waals surface area (Å²) in [6.45, 7) is 4.36. The highest BCUT2D eigenvalue weighted by atomic mass is 16.5. The van der Waals surface area contributed by atoms with Crippen LogP contribution in [0.15, 0.2) is 0 Å². The lowest BCUT2D eigenvalue weighted by Gasteiger charge is -2.00. The molecular formula is C9H21NO4. The highest BCUT2D eigenvalue weighted by Crippen LogP contribution is 1.76. The maximum Gasteiger partial charge on any atom is 0.209 e. The largest absolute Gasteiger partial charge is 0.394 e. The van der Waals surface area contributed by atoms with Crippen molar-refractivity contribution in [3.05, 3.63) is 0 Å². The van der Waals surface area contributed by atoms with Gasteiger partial charge in [0.2, 0.25) is 6.41 Å². The van der Waals surface area contributed by atoms with Crippen LogP contribution in [0.2, 0.25) is 0 Å². The number of aliphatic hydroxyl groups excluding tert-OH is 1. The fourth-order valence-corrected chi connectivity index (χ4v) is 0.429. The fourth-order valence-electron chi connectivity index (χ4n) is 0.429. The first-order valence-electron chi connectivity index (χ1n) is 4.57. The number of hydrogen-bond acceptors (Lipinski definition) is 4. The zero-order valence-electron chi connectivity index (χ0n) is 9.23. The molecule has 5 heteroatoms.